The van der Waals surface area contributed by atoms with Crippen LogP contribution in [0.3, 0.4) is 0 Å². The zero-order valence-electron chi connectivity index (χ0n) is 14.8. The minimum absolute atomic E-state index is 0.252. The van der Waals surface area contributed by atoms with Crippen LogP contribution in [0.4, 0.5) is 5.69 Å². The third-order valence-electron chi connectivity index (χ3n) is 4.08. The van der Waals surface area contributed by atoms with Gasteiger partial charge in [-0.1, -0.05) is 56.9 Å². The van der Waals surface area contributed by atoms with E-state index in [-0.39, 0.29) is 11.7 Å². The molecule has 3 aromatic rings. The summed E-state index contributed by atoms with van der Waals surface area (Å²) < 4.78 is 0.738. The Kier molecular flexibility index (Phi) is 5.78. The lowest BCUT2D eigenvalue weighted by atomic mass is 10.0. The first-order valence-electron chi connectivity index (χ1n) is 8.33. The Balaban J connectivity index is 1.98. The molecule has 0 spiro atoms. The minimum atomic E-state index is -0.266. The first kappa shape index (κ1) is 19.3. The number of anilines is 1. The number of carbonyl (C=O) groups excluding carboxylic acids is 2. The SMILES string of the molecule is Cc1cc(C)cc(C(=O)Nc2ccc(Br)cc2C(=O)c2ccccc2Cl)c1. The lowest BCUT2D eigenvalue weighted by molar-refractivity contribution is 0.102. The van der Waals surface area contributed by atoms with E-state index in [1.165, 1.54) is 0 Å². The number of hydrogen-bond donors (Lipinski definition) is 1. The van der Waals surface area contributed by atoms with Crippen molar-refractivity contribution in [1.82, 2.24) is 0 Å². The molecule has 27 heavy (non-hydrogen) atoms. The molecule has 0 aromatic heterocycles. The number of hydrogen-bond acceptors (Lipinski definition) is 2. The molecule has 0 bridgehead atoms. The van der Waals surface area contributed by atoms with E-state index in [9.17, 15) is 9.59 Å². The first-order chi connectivity index (χ1) is 12.8. The van der Waals surface area contributed by atoms with Crippen LogP contribution in [-0.4, -0.2) is 11.7 Å². The van der Waals surface area contributed by atoms with Gasteiger partial charge in [0.25, 0.3) is 5.91 Å². The van der Waals surface area contributed by atoms with E-state index < -0.39 is 0 Å². The molecule has 0 aliphatic rings. The van der Waals surface area contributed by atoms with Crippen molar-refractivity contribution in [2.24, 2.45) is 0 Å². The van der Waals surface area contributed by atoms with Gasteiger partial charge in [-0.3, -0.25) is 9.59 Å². The first-order valence-corrected chi connectivity index (χ1v) is 9.50. The maximum Gasteiger partial charge on any atom is 0.255 e. The summed E-state index contributed by atoms with van der Waals surface area (Å²) >= 11 is 9.57. The van der Waals surface area contributed by atoms with Crippen molar-refractivity contribution in [3.05, 3.63) is 98.0 Å². The Labute approximate surface area is 171 Å². The molecule has 136 valence electrons. The fourth-order valence-corrected chi connectivity index (χ4v) is 3.49. The highest BCUT2D eigenvalue weighted by atomic mass is 79.9. The van der Waals surface area contributed by atoms with Crippen molar-refractivity contribution in [2.45, 2.75) is 13.8 Å². The summed E-state index contributed by atoms with van der Waals surface area (Å²) in [7, 11) is 0. The molecule has 0 aliphatic carbocycles. The molecule has 0 saturated carbocycles. The molecular weight excluding hydrogens is 426 g/mol. The highest BCUT2D eigenvalue weighted by Gasteiger charge is 2.18. The van der Waals surface area contributed by atoms with Crippen LogP contribution in [0.5, 0.6) is 0 Å². The van der Waals surface area contributed by atoms with Crippen LogP contribution in [0.1, 0.15) is 37.4 Å². The second kappa shape index (κ2) is 8.07. The summed E-state index contributed by atoms with van der Waals surface area (Å²) in [5.74, 6) is -0.519. The standard InChI is InChI=1S/C22H17BrClNO2/c1-13-9-14(2)11-15(10-13)22(27)25-20-8-7-16(23)12-18(20)21(26)17-5-3-4-6-19(17)24/h3-12H,1-2H3,(H,25,27). The van der Waals surface area contributed by atoms with Crippen LogP contribution in [0.25, 0.3) is 0 Å². The molecule has 0 aliphatic heterocycles. The number of aryl methyl sites for hydroxylation is 2. The molecule has 0 heterocycles. The number of amides is 1. The van der Waals surface area contributed by atoms with Gasteiger partial charge in [0.15, 0.2) is 5.78 Å². The van der Waals surface area contributed by atoms with Gasteiger partial charge in [-0.05, 0) is 56.3 Å². The van der Waals surface area contributed by atoms with Gasteiger partial charge >= 0.3 is 0 Å². The van der Waals surface area contributed by atoms with Crippen LogP contribution in [0.2, 0.25) is 5.02 Å². The van der Waals surface area contributed by atoms with Gasteiger partial charge in [0.1, 0.15) is 0 Å². The fourth-order valence-electron chi connectivity index (χ4n) is 2.90. The molecular formula is C22H17BrClNO2. The number of carbonyl (C=O) groups is 2. The largest absolute Gasteiger partial charge is 0.321 e. The summed E-state index contributed by atoms with van der Waals surface area (Å²) in [4.78, 5) is 25.7. The predicted molar refractivity (Wildman–Crippen MR) is 113 cm³/mol. The number of benzene rings is 3. The van der Waals surface area contributed by atoms with Gasteiger partial charge < -0.3 is 5.32 Å². The van der Waals surface area contributed by atoms with Gasteiger partial charge in [0.2, 0.25) is 0 Å². The Morgan fingerprint density at radius 2 is 1.56 bits per heavy atom. The Morgan fingerprint density at radius 1 is 0.889 bits per heavy atom. The number of ketones is 1. The Morgan fingerprint density at radius 3 is 2.22 bits per heavy atom. The highest BCUT2D eigenvalue weighted by molar-refractivity contribution is 9.10. The fraction of sp³-hybridized carbons (Fsp3) is 0.0909. The van der Waals surface area contributed by atoms with E-state index in [1.807, 2.05) is 32.0 Å². The number of halogens is 2. The van der Waals surface area contributed by atoms with Gasteiger partial charge in [-0.25, -0.2) is 0 Å². The molecule has 5 heteroatoms. The van der Waals surface area contributed by atoms with Crippen LogP contribution in [0.15, 0.2) is 65.1 Å². The zero-order chi connectivity index (χ0) is 19.6. The highest BCUT2D eigenvalue weighted by Crippen LogP contribution is 2.27. The predicted octanol–water partition coefficient (Wildman–Crippen LogP) is 6.20. The second-order valence-corrected chi connectivity index (χ2v) is 7.65. The van der Waals surface area contributed by atoms with Gasteiger partial charge in [-0.2, -0.15) is 0 Å². The van der Waals surface area contributed by atoms with Gasteiger partial charge in [0.05, 0.1) is 10.7 Å². The van der Waals surface area contributed by atoms with Crippen molar-refractivity contribution >= 4 is 44.9 Å². The van der Waals surface area contributed by atoms with Crippen LogP contribution in [-0.2, 0) is 0 Å². The molecule has 0 radical (unpaired) electrons. The van der Waals surface area contributed by atoms with E-state index in [0.29, 0.717) is 27.4 Å². The maximum absolute atomic E-state index is 13.0. The minimum Gasteiger partial charge on any atom is -0.321 e. The third-order valence-corrected chi connectivity index (χ3v) is 4.90. The topological polar surface area (TPSA) is 46.2 Å². The molecule has 0 unspecified atom stereocenters. The van der Waals surface area contributed by atoms with E-state index in [1.54, 1.807) is 42.5 Å². The molecule has 1 amide bonds. The summed E-state index contributed by atoms with van der Waals surface area (Å²) in [5.41, 5.74) is 3.75. The lowest BCUT2D eigenvalue weighted by Gasteiger charge is -2.13. The lowest BCUT2D eigenvalue weighted by Crippen LogP contribution is -2.16. The zero-order valence-corrected chi connectivity index (χ0v) is 17.2. The van der Waals surface area contributed by atoms with Crippen LogP contribution in [0, 0.1) is 13.8 Å². The molecule has 0 fully saturated rings. The summed E-state index contributed by atoms with van der Waals surface area (Å²) in [5, 5.41) is 3.22. The third kappa shape index (κ3) is 4.46. The normalized spacial score (nSPS) is 10.5. The average Bonchev–Trinajstić information content (AvgIpc) is 2.62. The molecule has 3 rings (SSSR count). The molecule has 3 nitrogen and oxygen atoms in total. The van der Waals surface area contributed by atoms with Crippen LogP contribution >= 0.6 is 27.5 Å². The average molecular weight is 443 g/mol. The summed E-state index contributed by atoms with van der Waals surface area (Å²) in [6.07, 6.45) is 0. The van der Waals surface area contributed by atoms with E-state index in [2.05, 4.69) is 21.2 Å². The Hall–Kier alpha value is -2.43. The smallest absolute Gasteiger partial charge is 0.255 e. The van der Waals surface area contributed by atoms with Crippen molar-refractivity contribution < 1.29 is 9.59 Å². The van der Waals surface area contributed by atoms with E-state index in [0.717, 1.165) is 15.6 Å². The Bertz CT molecular complexity index is 1030. The molecule has 0 saturated heterocycles. The van der Waals surface area contributed by atoms with E-state index >= 15 is 0 Å². The quantitative estimate of drug-likeness (QED) is 0.489. The second-order valence-electron chi connectivity index (χ2n) is 6.33. The molecule has 3 aromatic carbocycles. The van der Waals surface area contributed by atoms with Crippen molar-refractivity contribution in [3.8, 4) is 0 Å². The van der Waals surface area contributed by atoms with Gasteiger partial charge in [-0.15, -0.1) is 0 Å². The summed E-state index contributed by atoms with van der Waals surface area (Å²) in [6.45, 7) is 3.88. The van der Waals surface area contributed by atoms with Crippen molar-refractivity contribution in [1.29, 1.82) is 0 Å². The monoisotopic (exact) mass is 441 g/mol. The van der Waals surface area contributed by atoms with Gasteiger partial charge in [0, 0.05) is 21.2 Å². The maximum atomic E-state index is 13.0. The molecule has 1 N–H and O–H groups in total. The van der Waals surface area contributed by atoms with E-state index in [4.69, 9.17) is 11.6 Å². The molecule has 0 atom stereocenters. The summed E-state index contributed by atoms with van der Waals surface area (Å²) in [6, 6.07) is 17.7. The number of rotatable bonds is 4. The van der Waals surface area contributed by atoms with Crippen LogP contribution < -0.4 is 5.32 Å². The van der Waals surface area contributed by atoms with Crippen molar-refractivity contribution in [3.63, 3.8) is 0 Å². The van der Waals surface area contributed by atoms with Crippen molar-refractivity contribution in [2.75, 3.05) is 5.32 Å². The number of nitrogens with one attached hydrogen (secondary N) is 1.